The molecule has 2 heterocycles. The predicted molar refractivity (Wildman–Crippen MR) is 110 cm³/mol. The van der Waals surface area contributed by atoms with E-state index < -0.39 is 6.04 Å². The predicted octanol–water partition coefficient (Wildman–Crippen LogP) is 3.92. The first kappa shape index (κ1) is 19.7. The molecule has 1 aromatic carbocycles. The van der Waals surface area contributed by atoms with E-state index in [9.17, 15) is 9.59 Å². The van der Waals surface area contributed by atoms with E-state index in [-0.39, 0.29) is 18.4 Å². The molecular weight excluding hydrogens is 405 g/mol. The van der Waals surface area contributed by atoms with Crippen LogP contribution in [0.3, 0.4) is 0 Å². The van der Waals surface area contributed by atoms with Crippen molar-refractivity contribution in [2.75, 3.05) is 19.0 Å². The molecule has 0 radical (unpaired) electrons. The van der Waals surface area contributed by atoms with Crippen LogP contribution in [0, 0.1) is 0 Å². The van der Waals surface area contributed by atoms with Gasteiger partial charge in [-0.05, 0) is 35.2 Å². The lowest BCUT2D eigenvalue weighted by Crippen LogP contribution is -2.44. The van der Waals surface area contributed by atoms with E-state index in [2.05, 4.69) is 5.32 Å². The van der Waals surface area contributed by atoms with Gasteiger partial charge in [0, 0.05) is 48.9 Å². The zero-order valence-electron chi connectivity index (χ0n) is 14.9. The summed E-state index contributed by atoms with van der Waals surface area (Å²) in [5.74, 6) is -0.360. The van der Waals surface area contributed by atoms with Crippen molar-refractivity contribution in [3.05, 3.63) is 63.1 Å². The molecule has 2 aromatic rings. The van der Waals surface area contributed by atoms with Gasteiger partial charge in [-0.3, -0.25) is 14.5 Å². The fourth-order valence-electron chi connectivity index (χ4n) is 2.94. The molecule has 142 valence electrons. The summed E-state index contributed by atoms with van der Waals surface area (Å²) < 4.78 is 0. The van der Waals surface area contributed by atoms with E-state index in [4.69, 9.17) is 23.2 Å². The third kappa shape index (κ3) is 4.46. The highest BCUT2D eigenvalue weighted by molar-refractivity contribution is 7.14. The molecule has 27 heavy (non-hydrogen) atoms. The number of nitrogens with zero attached hydrogens (tertiary/aromatic N) is 2. The van der Waals surface area contributed by atoms with E-state index >= 15 is 0 Å². The molecule has 0 spiro atoms. The SMILES string of the molecule is CN(C)/C=C1\CC(C(=O)NCc2ccc(Cl)cc2Cl)N(c2cccs2)C1=O. The fourth-order valence-corrected chi connectivity index (χ4v) is 4.19. The molecule has 0 bridgehead atoms. The van der Waals surface area contributed by atoms with Gasteiger partial charge >= 0.3 is 0 Å². The van der Waals surface area contributed by atoms with E-state index in [0.717, 1.165) is 10.6 Å². The third-order valence-corrected chi connectivity index (χ3v) is 5.60. The van der Waals surface area contributed by atoms with Crippen LogP contribution in [0.2, 0.25) is 10.0 Å². The molecule has 1 aliphatic heterocycles. The molecule has 1 aromatic heterocycles. The Bertz CT molecular complexity index is 881. The minimum Gasteiger partial charge on any atom is -0.383 e. The van der Waals surface area contributed by atoms with Crippen molar-refractivity contribution in [3.63, 3.8) is 0 Å². The van der Waals surface area contributed by atoms with Gasteiger partial charge in [0.1, 0.15) is 6.04 Å². The quantitative estimate of drug-likeness (QED) is 0.741. The monoisotopic (exact) mass is 423 g/mol. The van der Waals surface area contributed by atoms with Gasteiger partial charge < -0.3 is 10.2 Å². The Labute approximate surface area is 172 Å². The maximum atomic E-state index is 12.9. The van der Waals surface area contributed by atoms with Crippen molar-refractivity contribution in [1.82, 2.24) is 10.2 Å². The van der Waals surface area contributed by atoms with Crippen molar-refractivity contribution in [1.29, 1.82) is 0 Å². The van der Waals surface area contributed by atoms with E-state index in [1.54, 1.807) is 29.3 Å². The van der Waals surface area contributed by atoms with Gasteiger partial charge in [0.2, 0.25) is 5.91 Å². The highest BCUT2D eigenvalue weighted by Crippen LogP contribution is 2.33. The van der Waals surface area contributed by atoms with Gasteiger partial charge in [-0.25, -0.2) is 0 Å². The first-order valence-electron chi connectivity index (χ1n) is 8.32. The molecule has 1 saturated heterocycles. The summed E-state index contributed by atoms with van der Waals surface area (Å²) in [5, 5.41) is 6.57. The van der Waals surface area contributed by atoms with Gasteiger partial charge in [-0.1, -0.05) is 29.3 Å². The Morgan fingerprint density at radius 2 is 2.15 bits per heavy atom. The number of amides is 2. The smallest absolute Gasteiger partial charge is 0.257 e. The lowest BCUT2D eigenvalue weighted by Gasteiger charge is -2.22. The molecular formula is C19H19Cl2N3O2S. The summed E-state index contributed by atoms with van der Waals surface area (Å²) >= 11 is 13.5. The number of hydrogen-bond acceptors (Lipinski definition) is 4. The number of thiophene rings is 1. The molecule has 1 atom stereocenters. The number of carbonyl (C=O) groups is 2. The summed E-state index contributed by atoms with van der Waals surface area (Å²) in [7, 11) is 3.71. The lowest BCUT2D eigenvalue weighted by molar-refractivity contribution is -0.123. The average Bonchev–Trinajstić information content (AvgIpc) is 3.22. The summed E-state index contributed by atoms with van der Waals surface area (Å²) in [6, 6.07) is 8.26. The highest BCUT2D eigenvalue weighted by atomic mass is 35.5. The Morgan fingerprint density at radius 3 is 2.78 bits per heavy atom. The Morgan fingerprint density at radius 1 is 1.37 bits per heavy atom. The van der Waals surface area contributed by atoms with Crippen LogP contribution in [0.15, 0.2) is 47.5 Å². The van der Waals surface area contributed by atoms with Crippen LogP contribution in [-0.2, 0) is 16.1 Å². The summed E-state index contributed by atoms with van der Waals surface area (Å²) in [4.78, 5) is 29.1. The van der Waals surface area contributed by atoms with Crippen molar-refractivity contribution >= 4 is 51.4 Å². The van der Waals surface area contributed by atoms with Gasteiger partial charge in [-0.15, -0.1) is 11.3 Å². The second kappa shape index (κ2) is 8.33. The molecule has 2 amide bonds. The Kier molecular flexibility index (Phi) is 6.09. The van der Waals surface area contributed by atoms with E-state index in [1.165, 1.54) is 11.3 Å². The first-order valence-corrected chi connectivity index (χ1v) is 9.96. The maximum Gasteiger partial charge on any atom is 0.257 e. The topological polar surface area (TPSA) is 52.7 Å². The largest absolute Gasteiger partial charge is 0.383 e. The summed E-state index contributed by atoms with van der Waals surface area (Å²) in [6.07, 6.45) is 2.13. The normalized spacial score (nSPS) is 18.2. The van der Waals surface area contributed by atoms with Crippen LogP contribution in [0.4, 0.5) is 5.00 Å². The Balaban J connectivity index is 1.79. The molecule has 0 aliphatic carbocycles. The molecule has 1 N–H and O–H groups in total. The number of rotatable bonds is 5. The highest BCUT2D eigenvalue weighted by Gasteiger charge is 2.41. The molecule has 3 rings (SSSR count). The number of anilines is 1. The molecule has 0 saturated carbocycles. The van der Waals surface area contributed by atoms with Crippen LogP contribution < -0.4 is 10.2 Å². The van der Waals surface area contributed by atoms with Crippen LogP contribution in [0.5, 0.6) is 0 Å². The number of nitrogens with one attached hydrogen (secondary N) is 1. The molecule has 1 unspecified atom stereocenters. The minimum atomic E-state index is -0.589. The minimum absolute atomic E-state index is 0.143. The zero-order valence-corrected chi connectivity index (χ0v) is 17.2. The summed E-state index contributed by atoms with van der Waals surface area (Å²) in [5.41, 5.74) is 1.38. The average molecular weight is 424 g/mol. The third-order valence-electron chi connectivity index (χ3n) is 4.15. The number of hydrogen-bond donors (Lipinski definition) is 1. The number of benzene rings is 1. The van der Waals surface area contributed by atoms with Crippen molar-refractivity contribution < 1.29 is 9.59 Å². The van der Waals surface area contributed by atoms with Crippen LogP contribution in [0.25, 0.3) is 0 Å². The maximum absolute atomic E-state index is 12.9. The standard InChI is InChI=1S/C19H19Cl2N3O2S/c1-23(2)11-13-8-16(24(19(13)26)17-4-3-7-27-17)18(25)22-10-12-5-6-14(20)9-15(12)21/h3-7,9,11,16H,8,10H2,1-2H3,(H,22,25)/b13-11+. The van der Waals surface area contributed by atoms with Crippen LogP contribution >= 0.6 is 34.5 Å². The van der Waals surface area contributed by atoms with Gasteiger partial charge in [0.05, 0.1) is 5.00 Å². The van der Waals surface area contributed by atoms with Crippen molar-refractivity contribution in [2.24, 2.45) is 0 Å². The van der Waals surface area contributed by atoms with Crippen molar-refractivity contribution in [3.8, 4) is 0 Å². The van der Waals surface area contributed by atoms with Crippen molar-refractivity contribution in [2.45, 2.75) is 19.0 Å². The zero-order chi connectivity index (χ0) is 19.6. The fraction of sp³-hybridized carbons (Fsp3) is 0.263. The second-order valence-electron chi connectivity index (χ2n) is 6.42. The lowest BCUT2D eigenvalue weighted by atomic mass is 10.1. The second-order valence-corrected chi connectivity index (χ2v) is 8.19. The van der Waals surface area contributed by atoms with Gasteiger partial charge in [0.25, 0.3) is 5.91 Å². The van der Waals surface area contributed by atoms with Gasteiger partial charge in [-0.2, -0.15) is 0 Å². The molecule has 1 fully saturated rings. The van der Waals surface area contributed by atoms with E-state index in [1.807, 2.05) is 36.5 Å². The number of carbonyl (C=O) groups excluding carboxylic acids is 2. The van der Waals surface area contributed by atoms with E-state index in [0.29, 0.717) is 22.0 Å². The molecule has 8 heteroatoms. The van der Waals surface area contributed by atoms with Gasteiger partial charge in [0.15, 0.2) is 0 Å². The first-order chi connectivity index (χ1) is 12.9. The van der Waals surface area contributed by atoms with Crippen LogP contribution in [-0.4, -0.2) is 36.9 Å². The number of halogens is 2. The van der Waals surface area contributed by atoms with Crippen LogP contribution in [0.1, 0.15) is 12.0 Å². The summed E-state index contributed by atoms with van der Waals surface area (Å²) in [6.45, 7) is 0.268. The Hall–Kier alpha value is -2.02. The molecule has 1 aliphatic rings. The molecule has 5 nitrogen and oxygen atoms in total.